The Morgan fingerprint density at radius 3 is 2.67 bits per heavy atom. The van der Waals surface area contributed by atoms with Crippen LogP contribution in [0.25, 0.3) is 0 Å². The highest BCUT2D eigenvalue weighted by Gasteiger charge is 2.28. The lowest BCUT2D eigenvalue weighted by Gasteiger charge is -2.31. The number of aryl methyl sites for hydroxylation is 1. The van der Waals surface area contributed by atoms with Crippen LogP contribution in [0.2, 0.25) is 0 Å². The van der Waals surface area contributed by atoms with Gasteiger partial charge in [0.25, 0.3) is 5.91 Å². The van der Waals surface area contributed by atoms with Gasteiger partial charge in [-0.1, -0.05) is 0 Å². The molecular formula is C18H26F2N6O. The number of nitrogens with zero attached hydrogens (tertiary/aromatic N) is 6. The maximum atomic E-state index is 12.6. The summed E-state index contributed by atoms with van der Waals surface area (Å²) in [5.74, 6) is 1.09. The molecule has 0 bridgehead atoms. The van der Waals surface area contributed by atoms with Crippen LogP contribution in [0.4, 0.5) is 8.78 Å². The van der Waals surface area contributed by atoms with Crippen molar-refractivity contribution in [1.29, 1.82) is 0 Å². The van der Waals surface area contributed by atoms with E-state index in [1.807, 2.05) is 12.4 Å². The van der Waals surface area contributed by atoms with Crippen molar-refractivity contribution in [3.8, 4) is 0 Å². The monoisotopic (exact) mass is 380 g/mol. The van der Waals surface area contributed by atoms with Gasteiger partial charge in [-0.3, -0.25) is 4.79 Å². The van der Waals surface area contributed by atoms with Gasteiger partial charge in [-0.05, 0) is 46.0 Å². The lowest BCUT2D eigenvalue weighted by Crippen LogP contribution is -2.38. The molecule has 2 aromatic heterocycles. The van der Waals surface area contributed by atoms with E-state index in [0.717, 1.165) is 44.4 Å². The number of alkyl halides is 2. The van der Waals surface area contributed by atoms with Crippen LogP contribution in [-0.2, 0) is 6.54 Å². The zero-order valence-corrected chi connectivity index (χ0v) is 15.8. The number of rotatable bonds is 7. The predicted molar refractivity (Wildman–Crippen MR) is 96.8 cm³/mol. The summed E-state index contributed by atoms with van der Waals surface area (Å²) in [4.78, 5) is 20.9. The van der Waals surface area contributed by atoms with Crippen LogP contribution < -0.4 is 0 Å². The lowest BCUT2D eigenvalue weighted by molar-refractivity contribution is 0.0547. The number of hydrogen-bond donors (Lipinski definition) is 0. The molecule has 3 heterocycles. The molecule has 1 fully saturated rings. The van der Waals surface area contributed by atoms with Crippen LogP contribution in [0.5, 0.6) is 0 Å². The average molecular weight is 380 g/mol. The van der Waals surface area contributed by atoms with Crippen LogP contribution in [-0.4, -0.2) is 68.8 Å². The molecule has 148 valence electrons. The minimum Gasteiger partial charge on any atom is -0.337 e. The summed E-state index contributed by atoms with van der Waals surface area (Å²) in [6.45, 7) is 0.377. The summed E-state index contributed by atoms with van der Waals surface area (Å²) < 4.78 is 28.0. The van der Waals surface area contributed by atoms with Crippen LogP contribution in [0.15, 0.2) is 24.7 Å². The molecule has 1 saturated heterocycles. The molecule has 0 spiro atoms. The number of halogens is 2. The molecule has 0 saturated carbocycles. The van der Waals surface area contributed by atoms with Crippen LogP contribution in [0, 0.1) is 0 Å². The highest BCUT2D eigenvalue weighted by Crippen LogP contribution is 2.27. The standard InChI is InChI=1S/C18H26F2N6O/c1-23(2)8-3-9-24-13-7-21-16(24)14-4-10-25(11-5-14)17(27)15-6-12-26(22-15)18(19)20/h6-7,12-14,18H,3-5,8-11H2,1-2H3. The van der Waals surface area contributed by atoms with Crippen molar-refractivity contribution in [3.05, 3.63) is 36.2 Å². The summed E-state index contributed by atoms with van der Waals surface area (Å²) in [6.07, 6.45) is 7.66. The summed E-state index contributed by atoms with van der Waals surface area (Å²) in [7, 11) is 4.12. The molecule has 1 aliphatic heterocycles. The Labute approximate surface area is 157 Å². The molecule has 27 heavy (non-hydrogen) atoms. The molecule has 0 N–H and O–H groups in total. The summed E-state index contributed by atoms with van der Waals surface area (Å²) >= 11 is 0. The van der Waals surface area contributed by atoms with E-state index in [0.29, 0.717) is 23.7 Å². The molecular weight excluding hydrogens is 354 g/mol. The van der Waals surface area contributed by atoms with Gasteiger partial charge in [0.2, 0.25) is 0 Å². The van der Waals surface area contributed by atoms with Crippen molar-refractivity contribution < 1.29 is 13.6 Å². The number of hydrogen-bond acceptors (Lipinski definition) is 4. The number of likely N-dealkylation sites (tertiary alicyclic amines) is 1. The molecule has 3 rings (SSSR count). The van der Waals surface area contributed by atoms with E-state index in [1.165, 1.54) is 6.07 Å². The van der Waals surface area contributed by atoms with Gasteiger partial charge in [0.05, 0.1) is 0 Å². The van der Waals surface area contributed by atoms with E-state index in [2.05, 4.69) is 33.6 Å². The number of piperidine rings is 1. The molecule has 0 radical (unpaired) electrons. The van der Waals surface area contributed by atoms with Gasteiger partial charge >= 0.3 is 6.55 Å². The first kappa shape index (κ1) is 19.5. The van der Waals surface area contributed by atoms with Crippen molar-refractivity contribution in [2.75, 3.05) is 33.7 Å². The maximum Gasteiger partial charge on any atom is 0.333 e. The largest absolute Gasteiger partial charge is 0.337 e. The highest BCUT2D eigenvalue weighted by atomic mass is 19.3. The van der Waals surface area contributed by atoms with E-state index in [1.54, 1.807) is 4.90 Å². The minimum absolute atomic E-state index is 0.0685. The first-order valence-corrected chi connectivity index (χ1v) is 9.24. The van der Waals surface area contributed by atoms with Crippen molar-refractivity contribution in [2.24, 2.45) is 0 Å². The van der Waals surface area contributed by atoms with Crippen molar-refractivity contribution >= 4 is 5.91 Å². The first-order chi connectivity index (χ1) is 13.0. The first-order valence-electron chi connectivity index (χ1n) is 9.24. The van der Waals surface area contributed by atoms with Gasteiger partial charge in [-0.2, -0.15) is 13.9 Å². The van der Waals surface area contributed by atoms with E-state index >= 15 is 0 Å². The molecule has 0 atom stereocenters. The second-order valence-corrected chi connectivity index (χ2v) is 7.16. The Bertz CT molecular complexity index is 749. The summed E-state index contributed by atoms with van der Waals surface area (Å²) in [5, 5.41) is 3.67. The number of carbonyl (C=O) groups is 1. The van der Waals surface area contributed by atoms with E-state index in [9.17, 15) is 13.6 Å². The number of carbonyl (C=O) groups excluding carboxylic acids is 1. The van der Waals surface area contributed by atoms with Crippen LogP contribution in [0.1, 0.15) is 48.0 Å². The summed E-state index contributed by atoms with van der Waals surface area (Å²) in [5.41, 5.74) is 0.0685. The lowest BCUT2D eigenvalue weighted by atomic mass is 9.95. The molecule has 1 amide bonds. The molecule has 9 heteroatoms. The van der Waals surface area contributed by atoms with Gasteiger partial charge in [0.1, 0.15) is 5.82 Å². The van der Waals surface area contributed by atoms with Crippen molar-refractivity contribution in [3.63, 3.8) is 0 Å². The molecule has 0 aliphatic carbocycles. The van der Waals surface area contributed by atoms with Gasteiger partial charge in [-0.15, -0.1) is 0 Å². The zero-order valence-electron chi connectivity index (χ0n) is 15.8. The third kappa shape index (κ3) is 4.71. The Kier molecular flexibility index (Phi) is 6.20. The molecule has 7 nitrogen and oxygen atoms in total. The smallest absolute Gasteiger partial charge is 0.333 e. The van der Waals surface area contributed by atoms with Crippen LogP contribution in [0.3, 0.4) is 0 Å². The Hall–Kier alpha value is -2.29. The molecule has 0 unspecified atom stereocenters. The van der Waals surface area contributed by atoms with Crippen LogP contribution >= 0.6 is 0 Å². The second-order valence-electron chi connectivity index (χ2n) is 7.16. The minimum atomic E-state index is -2.73. The topological polar surface area (TPSA) is 59.2 Å². The Morgan fingerprint density at radius 2 is 2.04 bits per heavy atom. The van der Waals surface area contributed by atoms with Crippen molar-refractivity contribution in [1.82, 2.24) is 29.1 Å². The third-order valence-corrected chi connectivity index (χ3v) is 4.93. The molecule has 1 aliphatic rings. The fourth-order valence-electron chi connectivity index (χ4n) is 3.49. The van der Waals surface area contributed by atoms with Gasteiger partial charge in [0.15, 0.2) is 5.69 Å². The highest BCUT2D eigenvalue weighted by molar-refractivity contribution is 5.92. The third-order valence-electron chi connectivity index (χ3n) is 4.93. The Balaban J connectivity index is 1.56. The normalized spacial score (nSPS) is 15.9. The number of aromatic nitrogens is 4. The van der Waals surface area contributed by atoms with Crippen molar-refractivity contribution in [2.45, 2.75) is 38.3 Å². The SMILES string of the molecule is CN(C)CCCn1ccnc1C1CCN(C(=O)c2ccn(C(F)F)n2)CC1. The number of amides is 1. The fraction of sp³-hybridized carbons (Fsp3) is 0.611. The van der Waals surface area contributed by atoms with E-state index in [-0.39, 0.29) is 11.6 Å². The average Bonchev–Trinajstić information content (AvgIpc) is 3.31. The number of imidazole rings is 1. The quantitative estimate of drug-likeness (QED) is 0.740. The van der Waals surface area contributed by atoms with Gasteiger partial charge in [0, 0.05) is 44.1 Å². The van der Waals surface area contributed by atoms with Gasteiger partial charge < -0.3 is 14.4 Å². The second kappa shape index (κ2) is 8.60. The predicted octanol–water partition coefficient (Wildman–Crippen LogP) is 2.45. The van der Waals surface area contributed by atoms with E-state index < -0.39 is 6.55 Å². The van der Waals surface area contributed by atoms with Gasteiger partial charge in [-0.25, -0.2) is 9.67 Å². The maximum absolute atomic E-state index is 12.6. The zero-order chi connectivity index (χ0) is 19.4. The Morgan fingerprint density at radius 1 is 1.30 bits per heavy atom. The van der Waals surface area contributed by atoms with E-state index in [4.69, 9.17) is 0 Å². The molecule has 2 aromatic rings. The fourth-order valence-corrected chi connectivity index (χ4v) is 3.49. The molecule has 0 aromatic carbocycles. The summed E-state index contributed by atoms with van der Waals surface area (Å²) in [6, 6.07) is 1.35.